The van der Waals surface area contributed by atoms with Crippen LogP contribution in [-0.2, 0) is 4.74 Å². The first-order valence-corrected chi connectivity index (χ1v) is 3.73. The zero-order chi connectivity index (χ0) is 7.23. The standard InChI is InChI=1S/C7H15N2O/c1-10-6-7-5-8-3-2-4-9-7/h6-9H,2-5H2,1H3. The number of nitrogens with one attached hydrogen (secondary N) is 2. The van der Waals surface area contributed by atoms with Crippen LogP contribution in [0, 0.1) is 6.61 Å². The molecule has 3 heteroatoms. The molecule has 0 aliphatic carbocycles. The SMILES string of the molecule is CO[CH]C1CNCCCN1. The molecule has 0 aromatic carbocycles. The highest BCUT2D eigenvalue weighted by molar-refractivity contribution is 4.79. The van der Waals surface area contributed by atoms with Crippen LogP contribution in [-0.4, -0.2) is 32.8 Å². The number of hydrogen-bond donors (Lipinski definition) is 2. The molecule has 1 rings (SSSR count). The van der Waals surface area contributed by atoms with Crippen molar-refractivity contribution < 1.29 is 4.74 Å². The Balaban J connectivity index is 2.15. The smallest absolute Gasteiger partial charge is 0.101 e. The van der Waals surface area contributed by atoms with Crippen LogP contribution in [0.2, 0.25) is 0 Å². The Kier molecular flexibility index (Phi) is 3.72. The monoisotopic (exact) mass is 143 g/mol. The molecule has 3 nitrogen and oxygen atoms in total. The fourth-order valence-electron chi connectivity index (χ4n) is 1.09. The Bertz CT molecular complexity index is 79.7. The lowest BCUT2D eigenvalue weighted by Crippen LogP contribution is -2.35. The van der Waals surface area contributed by atoms with Crippen molar-refractivity contribution in [3.63, 3.8) is 0 Å². The molecule has 0 spiro atoms. The van der Waals surface area contributed by atoms with Gasteiger partial charge in [-0.1, -0.05) is 0 Å². The summed E-state index contributed by atoms with van der Waals surface area (Å²) in [7, 11) is 1.69. The molecule has 1 heterocycles. The summed E-state index contributed by atoms with van der Waals surface area (Å²) >= 11 is 0. The molecule has 0 aromatic heterocycles. The summed E-state index contributed by atoms with van der Waals surface area (Å²) in [5.74, 6) is 0. The van der Waals surface area contributed by atoms with E-state index >= 15 is 0 Å². The van der Waals surface area contributed by atoms with Gasteiger partial charge in [-0.25, -0.2) is 0 Å². The topological polar surface area (TPSA) is 33.3 Å². The van der Waals surface area contributed by atoms with Gasteiger partial charge in [-0.2, -0.15) is 0 Å². The highest BCUT2D eigenvalue weighted by Crippen LogP contribution is 1.92. The van der Waals surface area contributed by atoms with E-state index in [0.29, 0.717) is 6.04 Å². The predicted octanol–water partition coefficient (Wildman–Crippen LogP) is -0.254. The third kappa shape index (κ3) is 2.64. The Morgan fingerprint density at radius 1 is 1.50 bits per heavy atom. The van der Waals surface area contributed by atoms with Gasteiger partial charge in [0.05, 0.1) is 0 Å². The van der Waals surface area contributed by atoms with Crippen LogP contribution in [0.25, 0.3) is 0 Å². The van der Waals surface area contributed by atoms with Crippen molar-refractivity contribution in [2.45, 2.75) is 12.5 Å². The van der Waals surface area contributed by atoms with E-state index in [-0.39, 0.29) is 0 Å². The van der Waals surface area contributed by atoms with Gasteiger partial charge in [-0.15, -0.1) is 0 Å². The van der Waals surface area contributed by atoms with Gasteiger partial charge in [-0.3, -0.25) is 0 Å². The molecular formula is C7H15N2O. The van der Waals surface area contributed by atoms with Crippen LogP contribution in [0.3, 0.4) is 0 Å². The third-order valence-electron chi connectivity index (χ3n) is 1.60. The molecule has 1 unspecified atom stereocenters. The van der Waals surface area contributed by atoms with Gasteiger partial charge in [0.15, 0.2) is 0 Å². The number of ether oxygens (including phenoxy) is 1. The van der Waals surface area contributed by atoms with Crippen LogP contribution in [0.1, 0.15) is 6.42 Å². The highest BCUT2D eigenvalue weighted by atomic mass is 16.5. The molecule has 1 aliphatic heterocycles. The Morgan fingerprint density at radius 2 is 2.40 bits per heavy atom. The maximum absolute atomic E-state index is 4.91. The minimum Gasteiger partial charge on any atom is -0.377 e. The van der Waals surface area contributed by atoms with Gasteiger partial charge in [-0.05, 0) is 19.5 Å². The van der Waals surface area contributed by atoms with Crippen molar-refractivity contribution in [3.8, 4) is 0 Å². The second kappa shape index (κ2) is 4.66. The lowest BCUT2D eigenvalue weighted by Gasteiger charge is -2.12. The fraction of sp³-hybridized carbons (Fsp3) is 0.857. The van der Waals surface area contributed by atoms with Gasteiger partial charge in [0.25, 0.3) is 0 Å². The first kappa shape index (κ1) is 7.98. The van der Waals surface area contributed by atoms with Crippen molar-refractivity contribution >= 4 is 0 Å². The third-order valence-corrected chi connectivity index (χ3v) is 1.60. The summed E-state index contributed by atoms with van der Waals surface area (Å²) in [4.78, 5) is 0. The fourth-order valence-corrected chi connectivity index (χ4v) is 1.09. The van der Waals surface area contributed by atoms with Crippen LogP contribution >= 0.6 is 0 Å². The second-order valence-corrected chi connectivity index (χ2v) is 2.49. The molecule has 0 aromatic rings. The summed E-state index contributed by atoms with van der Waals surface area (Å²) in [6.45, 7) is 5.00. The quantitative estimate of drug-likeness (QED) is 0.559. The van der Waals surface area contributed by atoms with Crippen LogP contribution in [0.15, 0.2) is 0 Å². The maximum atomic E-state index is 4.91. The van der Waals surface area contributed by atoms with Crippen LogP contribution < -0.4 is 10.6 Å². The summed E-state index contributed by atoms with van der Waals surface area (Å²) in [5.41, 5.74) is 0. The van der Waals surface area contributed by atoms with Crippen molar-refractivity contribution in [2.24, 2.45) is 0 Å². The molecule has 1 radical (unpaired) electrons. The number of methoxy groups -OCH3 is 1. The zero-order valence-corrected chi connectivity index (χ0v) is 6.39. The summed E-state index contributed by atoms with van der Waals surface area (Å²) < 4.78 is 4.91. The number of rotatable bonds is 2. The van der Waals surface area contributed by atoms with Gasteiger partial charge < -0.3 is 15.4 Å². The Hall–Kier alpha value is -0.120. The van der Waals surface area contributed by atoms with E-state index in [9.17, 15) is 0 Å². The molecule has 1 saturated heterocycles. The van der Waals surface area contributed by atoms with Gasteiger partial charge in [0.1, 0.15) is 6.61 Å². The van der Waals surface area contributed by atoms with E-state index in [1.807, 2.05) is 6.61 Å². The minimum absolute atomic E-state index is 0.382. The van der Waals surface area contributed by atoms with Gasteiger partial charge >= 0.3 is 0 Å². The van der Waals surface area contributed by atoms with Crippen LogP contribution in [0.4, 0.5) is 0 Å². The predicted molar refractivity (Wildman–Crippen MR) is 40.6 cm³/mol. The van der Waals surface area contributed by atoms with E-state index in [1.165, 1.54) is 6.42 Å². The molecule has 0 bridgehead atoms. The Labute approximate surface area is 62.1 Å². The van der Waals surface area contributed by atoms with Crippen molar-refractivity contribution in [2.75, 3.05) is 26.7 Å². The normalized spacial score (nSPS) is 27.9. The van der Waals surface area contributed by atoms with E-state index in [2.05, 4.69) is 10.6 Å². The van der Waals surface area contributed by atoms with E-state index in [1.54, 1.807) is 7.11 Å². The lowest BCUT2D eigenvalue weighted by molar-refractivity contribution is 0.239. The van der Waals surface area contributed by atoms with Gasteiger partial charge in [0, 0.05) is 19.7 Å². The Morgan fingerprint density at radius 3 is 3.20 bits per heavy atom. The molecule has 10 heavy (non-hydrogen) atoms. The zero-order valence-electron chi connectivity index (χ0n) is 6.39. The second-order valence-electron chi connectivity index (χ2n) is 2.49. The van der Waals surface area contributed by atoms with Gasteiger partial charge in [0.2, 0.25) is 0 Å². The van der Waals surface area contributed by atoms with Crippen molar-refractivity contribution in [3.05, 3.63) is 6.61 Å². The first-order chi connectivity index (χ1) is 4.93. The van der Waals surface area contributed by atoms with E-state index < -0.39 is 0 Å². The molecule has 0 saturated carbocycles. The van der Waals surface area contributed by atoms with E-state index in [4.69, 9.17) is 4.74 Å². The number of hydrogen-bond acceptors (Lipinski definition) is 3. The average Bonchev–Trinajstić information content (AvgIpc) is 2.17. The minimum atomic E-state index is 0.382. The highest BCUT2D eigenvalue weighted by Gasteiger charge is 2.09. The van der Waals surface area contributed by atoms with Crippen molar-refractivity contribution in [1.29, 1.82) is 0 Å². The molecule has 1 aliphatic rings. The molecule has 59 valence electrons. The lowest BCUT2D eigenvalue weighted by atomic mass is 10.3. The van der Waals surface area contributed by atoms with Crippen LogP contribution in [0.5, 0.6) is 0 Å². The largest absolute Gasteiger partial charge is 0.377 e. The molecular weight excluding hydrogens is 128 g/mol. The maximum Gasteiger partial charge on any atom is 0.101 e. The summed E-state index contributed by atoms with van der Waals surface area (Å²) in [6.07, 6.45) is 1.20. The van der Waals surface area contributed by atoms with Crippen molar-refractivity contribution in [1.82, 2.24) is 10.6 Å². The molecule has 1 fully saturated rings. The first-order valence-electron chi connectivity index (χ1n) is 3.73. The molecule has 2 N–H and O–H groups in total. The average molecular weight is 143 g/mol. The molecule has 0 amide bonds. The van der Waals surface area contributed by atoms with E-state index in [0.717, 1.165) is 19.6 Å². The molecule has 1 atom stereocenters. The summed E-state index contributed by atoms with van der Waals surface area (Å²) in [6, 6.07) is 0.382. The summed E-state index contributed by atoms with van der Waals surface area (Å²) in [5, 5.41) is 6.65.